The smallest absolute Gasteiger partial charge is 0.113 e. The van der Waals surface area contributed by atoms with Crippen LogP contribution in [0.1, 0.15) is 0 Å². The lowest BCUT2D eigenvalue weighted by molar-refractivity contribution is 1.18. The molecule has 1 aromatic heterocycles. The van der Waals surface area contributed by atoms with Crippen molar-refractivity contribution in [2.75, 3.05) is 4.90 Å². The van der Waals surface area contributed by atoms with Crippen molar-refractivity contribution in [2.24, 2.45) is 0 Å². The Bertz CT molecular complexity index is 2390. The van der Waals surface area contributed by atoms with Gasteiger partial charge in [0.2, 0.25) is 0 Å². The summed E-state index contributed by atoms with van der Waals surface area (Å²) >= 11 is 0. The van der Waals surface area contributed by atoms with Gasteiger partial charge in [-0.1, -0.05) is 116 Å². The van der Waals surface area contributed by atoms with Crippen LogP contribution in [0.3, 0.4) is 0 Å². The number of anilines is 3. The molecule has 0 radical (unpaired) electrons. The number of rotatable bonds is 5. The molecule has 0 saturated carbocycles. The molecule has 1 aliphatic heterocycles. The second-order valence-corrected chi connectivity index (χ2v) is 17.4. The van der Waals surface area contributed by atoms with Crippen LogP contribution in [-0.4, -0.2) is 12.6 Å². The van der Waals surface area contributed by atoms with E-state index in [9.17, 15) is 0 Å². The number of fused-ring (bicyclic) bond motifs is 6. The normalized spacial score (nSPS) is 13.1. The van der Waals surface area contributed by atoms with E-state index in [0.717, 1.165) is 0 Å². The minimum absolute atomic E-state index is 1.17. The lowest BCUT2D eigenvalue weighted by Crippen LogP contribution is -2.49. The fraction of sp³-hybridized carbons (Fsp3) is 0.0455. The number of nitrogens with zero attached hydrogens (tertiary/aromatic N) is 2. The summed E-state index contributed by atoms with van der Waals surface area (Å²) in [6, 6.07) is 62.1. The van der Waals surface area contributed by atoms with Crippen LogP contribution >= 0.6 is 0 Å². The van der Waals surface area contributed by atoms with Gasteiger partial charge >= 0.3 is 0 Å². The van der Waals surface area contributed by atoms with Gasteiger partial charge in [-0.15, -0.1) is 0 Å². The monoisotopic (exact) mass is 618 g/mol. The zero-order chi connectivity index (χ0) is 31.5. The molecule has 9 rings (SSSR count). The first kappa shape index (κ1) is 27.6. The Labute approximate surface area is 276 Å². The van der Waals surface area contributed by atoms with Crippen LogP contribution in [0.25, 0.3) is 49.7 Å². The molecule has 0 bridgehead atoms. The molecule has 0 fully saturated rings. The number of aromatic nitrogens is 1. The van der Waals surface area contributed by atoms with E-state index in [2.05, 4.69) is 192 Å². The van der Waals surface area contributed by atoms with Crippen molar-refractivity contribution in [1.82, 2.24) is 4.57 Å². The predicted octanol–water partition coefficient (Wildman–Crippen LogP) is 10.7. The number of benzene rings is 7. The molecular formula is C44H34N2Si. The average Bonchev–Trinajstić information content (AvgIpc) is 3.57. The fourth-order valence-electron chi connectivity index (χ4n) is 7.65. The zero-order valence-corrected chi connectivity index (χ0v) is 27.6. The van der Waals surface area contributed by atoms with Crippen molar-refractivity contribution < 1.29 is 0 Å². The molecule has 224 valence electrons. The summed E-state index contributed by atoms with van der Waals surface area (Å²) in [6.45, 7) is 5.02. The zero-order valence-electron chi connectivity index (χ0n) is 26.6. The van der Waals surface area contributed by atoms with Crippen molar-refractivity contribution >= 4 is 57.3 Å². The second kappa shape index (κ2) is 10.7. The van der Waals surface area contributed by atoms with Gasteiger partial charge in [-0.05, 0) is 99.4 Å². The molecule has 8 aromatic rings. The molecule has 0 amide bonds. The molecule has 0 spiro atoms. The topological polar surface area (TPSA) is 8.17 Å². The van der Waals surface area contributed by atoms with Gasteiger partial charge in [-0.2, -0.15) is 0 Å². The Morgan fingerprint density at radius 1 is 0.426 bits per heavy atom. The standard InChI is InChI=1S/C44H34N2Si/c1-47(2)43-29-32(31-23-27-42-40(28-31)37-20-12-13-21-41(37)46(42)35-18-10-5-11-19-35)22-25-38(43)39-26-24-36(30-44(39)47)45(33-14-6-3-7-15-33)34-16-8-4-9-17-34/h3-30H,1-2H3. The summed E-state index contributed by atoms with van der Waals surface area (Å²) in [7, 11) is -1.99. The molecule has 0 saturated heterocycles. The second-order valence-electron chi connectivity index (χ2n) is 13.0. The summed E-state index contributed by atoms with van der Waals surface area (Å²) in [5.41, 5.74) is 12.5. The summed E-state index contributed by atoms with van der Waals surface area (Å²) in [6.07, 6.45) is 0. The van der Waals surface area contributed by atoms with Crippen LogP contribution in [0.15, 0.2) is 170 Å². The lowest BCUT2D eigenvalue weighted by atomic mass is 9.99. The number of hydrogen-bond donors (Lipinski definition) is 0. The van der Waals surface area contributed by atoms with E-state index >= 15 is 0 Å². The molecule has 0 atom stereocenters. The number of hydrogen-bond acceptors (Lipinski definition) is 1. The Kier molecular flexibility index (Phi) is 6.31. The van der Waals surface area contributed by atoms with Crippen molar-refractivity contribution in [3.63, 3.8) is 0 Å². The lowest BCUT2D eigenvalue weighted by Gasteiger charge is -2.27. The van der Waals surface area contributed by atoms with E-state index in [1.54, 1.807) is 0 Å². The van der Waals surface area contributed by atoms with Crippen LogP contribution in [0.5, 0.6) is 0 Å². The Morgan fingerprint density at radius 2 is 0.957 bits per heavy atom. The minimum atomic E-state index is -1.99. The minimum Gasteiger partial charge on any atom is -0.311 e. The highest BCUT2D eigenvalue weighted by Crippen LogP contribution is 2.39. The molecule has 0 N–H and O–H groups in total. The van der Waals surface area contributed by atoms with Crippen molar-refractivity contribution in [1.29, 1.82) is 0 Å². The fourth-order valence-corrected chi connectivity index (χ4v) is 10.8. The Balaban J connectivity index is 1.14. The molecule has 1 aliphatic rings. The SMILES string of the molecule is C[Si]1(C)c2cc(-c3ccc4c(c3)c3ccccc3n4-c3ccccc3)ccc2-c2ccc(N(c3ccccc3)c3ccccc3)cc21. The van der Waals surface area contributed by atoms with Crippen molar-refractivity contribution in [2.45, 2.75) is 13.1 Å². The molecule has 47 heavy (non-hydrogen) atoms. The molecule has 0 unspecified atom stereocenters. The van der Waals surface area contributed by atoms with Crippen LogP contribution in [-0.2, 0) is 0 Å². The first-order valence-electron chi connectivity index (χ1n) is 16.4. The van der Waals surface area contributed by atoms with Crippen LogP contribution in [0.2, 0.25) is 13.1 Å². The summed E-state index contributed by atoms with van der Waals surface area (Å²) in [5.74, 6) is 0. The predicted molar refractivity (Wildman–Crippen MR) is 203 cm³/mol. The Morgan fingerprint density at radius 3 is 1.66 bits per heavy atom. The average molecular weight is 619 g/mol. The third kappa shape index (κ3) is 4.39. The van der Waals surface area contributed by atoms with Gasteiger partial charge in [0.05, 0.1) is 11.0 Å². The van der Waals surface area contributed by atoms with Gasteiger partial charge in [0, 0.05) is 33.5 Å². The largest absolute Gasteiger partial charge is 0.311 e. The van der Waals surface area contributed by atoms with Crippen LogP contribution in [0.4, 0.5) is 17.1 Å². The van der Waals surface area contributed by atoms with Crippen molar-refractivity contribution in [3.8, 4) is 27.9 Å². The first-order valence-corrected chi connectivity index (χ1v) is 19.4. The van der Waals surface area contributed by atoms with Crippen LogP contribution < -0.4 is 15.3 Å². The van der Waals surface area contributed by atoms with E-state index in [1.165, 1.54) is 77.2 Å². The molecule has 2 heterocycles. The summed E-state index contributed by atoms with van der Waals surface area (Å²) in [5, 5.41) is 5.58. The third-order valence-corrected chi connectivity index (χ3v) is 13.5. The van der Waals surface area contributed by atoms with Gasteiger partial charge < -0.3 is 9.47 Å². The quantitative estimate of drug-likeness (QED) is 0.174. The van der Waals surface area contributed by atoms with E-state index in [0.29, 0.717) is 0 Å². The van der Waals surface area contributed by atoms with Crippen molar-refractivity contribution in [3.05, 3.63) is 170 Å². The van der Waals surface area contributed by atoms with E-state index < -0.39 is 8.07 Å². The molecule has 0 aliphatic carbocycles. The van der Waals surface area contributed by atoms with Gasteiger partial charge in [0.25, 0.3) is 0 Å². The summed E-state index contributed by atoms with van der Waals surface area (Å²) in [4.78, 5) is 2.38. The maximum atomic E-state index is 2.51. The summed E-state index contributed by atoms with van der Waals surface area (Å²) < 4.78 is 2.38. The highest BCUT2D eigenvalue weighted by Gasteiger charge is 2.38. The Hall–Kier alpha value is -5.64. The molecule has 7 aromatic carbocycles. The van der Waals surface area contributed by atoms with Gasteiger partial charge in [0.15, 0.2) is 0 Å². The van der Waals surface area contributed by atoms with E-state index in [4.69, 9.17) is 0 Å². The van der Waals surface area contributed by atoms with E-state index in [-0.39, 0.29) is 0 Å². The highest BCUT2D eigenvalue weighted by atomic mass is 28.3. The number of para-hydroxylation sites is 4. The maximum Gasteiger partial charge on any atom is 0.113 e. The van der Waals surface area contributed by atoms with Gasteiger partial charge in [-0.25, -0.2) is 0 Å². The van der Waals surface area contributed by atoms with Crippen LogP contribution in [0, 0.1) is 0 Å². The van der Waals surface area contributed by atoms with E-state index in [1.807, 2.05) is 0 Å². The maximum absolute atomic E-state index is 2.51. The first-order chi connectivity index (χ1) is 23.1. The molecule has 3 heteroatoms. The van der Waals surface area contributed by atoms with Gasteiger partial charge in [-0.3, -0.25) is 0 Å². The third-order valence-electron chi connectivity index (χ3n) is 9.97. The molecular weight excluding hydrogens is 585 g/mol. The highest BCUT2D eigenvalue weighted by molar-refractivity contribution is 7.03. The molecule has 2 nitrogen and oxygen atoms in total. The van der Waals surface area contributed by atoms with Gasteiger partial charge in [0.1, 0.15) is 8.07 Å².